The first-order valence-corrected chi connectivity index (χ1v) is 6.15. The first-order chi connectivity index (χ1) is 6.24. The minimum atomic E-state index is -0.184. The van der Waals surface area contributed by atoms with E-state index >= 15 is 0 Å². The maximum absolute atomic E-state index is 12.7. The minimum absolute atomic E-state index is 0.184. The van der Waals surface area contributed by atoms with Gasteiger partial charge in [0, 0.05) is 9.80 Å². The summed E-state index contributed by atoms with van der Waals surface area (Å²) in [5, 5.41) is 1.03. The van der Waals surface area contributed by atoms with Crippen LogP contribution in [0.3, 0.4) is 0 Å². The maximum atomic E-state index is 12.7. The predicted molar refractivity (Wildman–Crippen MR) is 60.8 cm³/mol. The Balaban J connectivity index is 2.56. The highest BCUT2D eigenvalue weighted by molar-refractivity contribution is 9.10. The van der Waals surface area contributed by atoms with Gasteiger partial charge in [0.15, 0.2) is 0 Å². The van der Waals surface area contributed by atoms with Crippen LogP contribution in [0.15, 0.2) is 22.7 Å². The summed E-state index contributed by atoms with van der Waals surface area (Å²) in [6, 6.07) is 4.87. The molecule has 0 N–H and O–H groups in total. The number of hydrogen-bond acceptors (Lipinski definition) is 0. The van der Waals surface area contributed by atoms with Gasteiger partial charge in [-0.1, -0.05) is 37.9 Å². The zero-order valence-electron chi connectivity index (χ0n) is 7.19. The van der Waals surface area contributed by atoms with E-state index in [4.69, 9.17) is 0 Å². The molecular weight excluding hydrogens is 299 g/mol. The van der Waals surface area contributed by atoms with Gasteiger partial charge in [-0.25, -0.2) is 4.39 Å². The van der Waals surface area contributed by atoms with E-state index in [1.165, 1.54) is 17.7 Å². The zero-order chi connectivity index (χ0) is 9.68. The van der Waals surface area contributed by atoms with Crippen molar-refractivity contribution in [3.05, 3.63) is 34.1 Å². The fourth-order valence-electron chi connectivity index (χ4n) is 1.13. The topological polar surface area (TPSA) is 0 Å². The molecule has 0 atom stereocenters. The lowest BCUT2D eigenvalue weighted by atomic mass is 10.1. The van der Waals surface area contributed by atoms with E-state index in [1.54, 1.807) is 0 Å². The van der Waals surface area contributed by atoms with Crippen molar-refractivity contribution >= 4 is 31.9 Å². The zero-order valence-corrected chi connectivity index (χ0v) is 10.4. The van der Waals surface area contributed by atoms with Crippen LogP contribution in [-0.2, 0) is 6.42 Å². The van der Waals surface area contributed by atoms with Crippen LogP contribution in [0.1, 0.15) is 18.4 Å². The molecule has 0 aromatic heterocycles. The molecule has 0 radical (unpaired) electrons. The van der Waals surface area contributed by atoms with E-state index in [9.17, 15) is 4.39 Å². The van der Waals surface area contributed by atoms with Gasteiger partial charge in [-0.15, -0.1) is 0 Å². The summed E-state index contributed by atoms with van der Waals surface area (Å²) in [5.74, 6) is -0.184. The molecule has 0 saturated carbocycles. The quantitative estimate of drug-likeness (QED) is 0.574. The van der Waals surface area contributed by atoms with Crippen molar-refractivity contribution in [1.29, 1.82) is 0 Å². The number of halogens is 3. The number of aryl methyl sites for hydroxylation is 1. The molecular formula is C10H11Br2F. The Morgan fingerprint density at radius 1 is 1.23 bits per heavy atom. The van der Waals surface area contributed by atoms with Crippen molar-refractivity contribution in [2.75, 3.05) is 5.33 Å². The third-order valence-corrected chi connectivity index (χ3v) is 3.14. The highest BCUT2D eigenvalue weighted by atomic mass is 79.9. The summed E-state index contributed by atoms with van der Waals surface area (Å²) in [4.78, 5) is 0. The normalized spacial score (nSPS) is 10.4. The van der Waals surface area contributed by atoms with Crippen LogP contribution in [0.2, 0.25) is 0 Å². The van der Waals surface area contributed by atoms with Crippen molar-refractivity contribution in [1.82, 2.24) is 0 Å². The van der Waals surface area contributed by atoms with Crippen LogP contribution in [0.4, 0.5) is 4.39 Å². The predicted octanol–water partition coefficient (Wildman–Crippen LogP) is 4.31. The molecule has 13 heavy (non-hydrogen) atoms. The van der Waals surface area contributed by atoms with E-state index in [1.807, 2.05) is 6.07 Å². The number of benzene rings is 1. The first-order valence-electron chi connectivity index (χ1n) is 4.24. The second kappa shape index (κ2) is 5.76. The van der Waals surface area contributed by atoms with Gasteiger partial charge in [-0.3, -0.25) is 0 Å². The van der Waals surface area contributed by atoms with Crippen LogP contribution in [-0.4, -0.2) is 5.33 Å². The number of alkyl halides is 1. The lowest BCUT2D eigenvalue weighted by molar-refractivity contribution is 0.625. The number of unbranched alkanes of at least 4 members (excludes halogenated alkanes) is 1. The Hall–Kier alpha value is 0.110. The molecule has 1 rings (SSSR count). The Kier molecular flexibility index (Phi) is 4.96. The molecule has 0 unspecified atom stereocenters. The average Bonchev–Trinajstić information content (AvgIpc) is 2.09. The molecule has 0 aliphatic heterocycles. The second-order valence-electron chi connectivity index (χ2n) is 2.88. The van der Waals surface area contributed by atoms with E-state index in [0.717, 1.165) is 29.1 Å². The van der Waals surface area contributed by atoms with Crippen LogP contribution in [0.5, 0.6) is 0 Å². The molecule has 0 saturated heterocycles. The molecule has 72 valence electrons. The highest BCUT2D eigenvalue weighted by Gasteiger charge is 2.00. The van der Waals surface area contributed by atoms with Gasteiger partial charge in [0.1, 0.15) is 5.82 Å². The van der Waals surface area contributed by atoms with Gasteiger partial charge < -0.3 is 0 Å². The lowest BCUT2D eigenvalue weighted by Gasteiger charge is -2.03. The Morgan fingerprint density at radius 3 is 2.62 bits per heavy atom. The van der Waals surface area contributed by atoms with Gasteiger partial charge >= 0.3 is 0 Å². The fourth-order valence-corrected chi connectivity index (χ4v) is 2.08. The van der Waals surface area contributed by atoms with Crippen LogP contribution in [0.25, 0.3) is 0 Å². The van der Waals surface area contributed by atoms with Gasteiger partial charge in [0.2, 0.25) is 0 Å². The average molecular weight is 310 g/mol. The molecule has 0 bridgehead atoms. The van der Waals surface area contributed by atoms with E-state index in [0.29, 0.717) is 0 Å². The number of hydrogen-bond donors (Lipinski definition) is 0. The molecule has 0 heterocycles. The third-order valence-electron chi connectivity index (χ3n) is 1.84. The SMILES string of the molecule is Fc1ccc(CCCCBr)c(Br)c1. The molecule has 3 heteroatoms. The van der Waals surface area contributed by atoms with E-state index < -0.39 is 0 Å². The minimum Gasteiger partial charge on any atom is -0.207 e. The third kappa shape index (κ3) is 3.77. The van der Waals surface area contributed by atoms with Gasteiger partial charge in [-0.05, 0) is 37.0 Å². The fraction of sp³-hybridized carbons (Fsp3) is 0.400. The molecule has 1 aromatic carbocycles. The van der Waals surface area contributed by atoms with Crippen molar-refractivity contribution in [2.24, 2.45) is 0 Å². The Morgan fingerprint density at radius 2 is 2.00 bits per heavy atom. The number of rotatable bonds is 4. The summed E-state index contributed by atoms with van der Waals surface area (Å²) >= 11 is 6.73. The van der Waals surface area contributed by atoms with Crippen molar-refractivity contribution in [2.45, 2.75) is 19.3 Å². The summed E-state index contributed by atoms with van der Waals surface area (Å²) in [6.45, 7) is 0. The summed E-state index contributed by atoms with van der Waals surface area (Å²) in [6.07, 6.45) is 3.30. The van der Waals surface area contributed by atoms with E-state index in [2.05, 4.69) is 31.9 Å². The monoisotopic (exact) mass is 308 g/mol. The van der Waals surface area contributed by atoms with E-state index in [-0.39, 0.29) is 5.82 Å². The smallest absolute Gasteiger partial charge is 0.124 e. The maximum Gasteiger partial charge on any atom is 0.124 e. The molecule has 0 aliphatic carbocycles. The first kappa shape index (κ1) is 11.2. The molecule has 0 amide bonds. The van der Waals surface area contributed by atoms with Crippen LogP contribution in [0, 0.1) is 5.82 Å². The van der Waals surface area contributed by atoms with Gasteiger partial charge in [-0.2, -0.15) is 0 Å². The van der Waals surface area contributed by atoms with Crippen LogP contribution < -0.4 is 0 Å². The highest BCUT2D eigenvalue weighted by Crippen LogP contribution is 2.19. The standard InChI is InChI=1S/C10H11Br2F/c11-6-2-1-3-8-4-5-9(13)7-10(8)12/h4-5,7H,1-3,6H2. The molecule has 0 nitrogen and oxygen atoms in total. The molecule has 0 fully saturated rings. The largest absolute Gasteiger partial charge is 0.207 e. The van der Waals surface area contributed by atoms with Crippen molar-refractivity contribution in [3.8, 4) is 0 Å². The van der Waals surface area contributed by atoms with Crippen molar-refractivity contribution < 1.29 is 4.39 Å². The van der Waals surface area contributed by atoms with Crippen molar-refractivity contribution in [3.63, 3.8) is 0 Å². The molecule has 1 aromatic rings. The molecule has 0 spiro atoms. The van der Waals surface area contributed by atoms with Crippen LogP contribution >= 0.6 is 31.9 Å². The van der Waals surface area contributed by atoms with Gasteiger partial charge in [0.05, 0.1) is 0 Å². The second-order valence-corrected chi connectivity index (χ2v) is 4.53. The Bertz CT molecular complexity index is 274. The summed E-state index contributed by atoms with van der Waals surface area (Å²) in [5.41, 5.74) is 1.18. The lowest BCUT2D eigenvalue weighted by Crippen LogP contribution is -1.88. The summed E-state index contributed by atoms with van der Waals surface area (Å²) in [7, 11) is 0. The molecule has 0 aliphatic rings. The van der Waals surface area contributed by atoms with Gasteiger partial charge in [0.25, 0.3) is 0 Å². The Labute approximate surface area is 94.8 Å². The summed E-state index contributed by atoms with van der Waals surface area (Å²) < 4.78 is 13.6.